The Morgan fingerprint density at radius 3 is 2.78 bits per heavy atom. The molecule has 1 atom stereocenters. The molecule has 2 fully saturated rings. The first-order valence-corrected chi connectivity index (χ1v) is 6.39. The van der Waals surface area contributed by atoms with Gasteiger partial charge in [0.05, 0.1) is 6.61 Å². The molecule has 18 heavy (non-hydrogen) atoms. The number of aryl methyl sites for hydroxylation is 1. The maximum atomic E-state index is 11.6. The first kappa shape index (κ1) is 11.6. The number of carbonyl (C=O) groups is 1. The van der Waals surface area contributed by atoms with Crippen molar-refractivity contribution in [2.45, 2.75) is 44.1 Å². The zero-order valence-electron chi connectivity index (χ0n) is 10.4. The van der Waals surface area contributed by atoms with Crippen molar-refractivity contribution in [3.8, 4) is 0 Å². The van der Waals surface area contributed by atoms with E-state index in [0.717, 1.165) is 25.3 Å². The molecule has 6 nitrogen and oxygen atoms in total. The maximum Gasteiger partial charge on any atom is 0.329 e. The molecule has 0 radical (unpaired) electrons. The SMILES string of the molecule is Cc1nnc(C2CCOC2)n1C1(C(=O)O)CCC1. The van der Waals surface area contributed by atoms with Crippen molar-refractivity contribution < 1.29 is 14.6 Å². The van der Waals surface area contributed by atoms with E-state index in [-0.39, 0.29) is 5.92 Å². The van der Waals surface area contributed by atoms with Crippen LogP contribution in [-0.2, 0) is 15.1 Å². The number of carboxylic acids is 1. The van der Waals surface area contributed by atoms with E-state index in [1.807, 2.05) is 11.5 Å². The Bertz CT molecular complexity index is 473. The van der Waals surface area contributed by atoms with Gasteiger partial charge in [-0.15, -0.1) is 10.2 Å². The molecule has 1 N–H and O–H groups in total. The summed E-state index contributed by atoms with van der Waals surface area (Å²) >= 11 is 0. The van der Waals surface area contributed by atoms with Crippen LogP contribution in [0, 0.1) is 6.92 Å². The van der Waals surface area contributed by atoms with Gasteiger partial charge in [-0.3, -0.25) is 4.57 Å². The molecule has 0 spiro atoms. The molecule has 1 aliphatic carbocycles. The second kappa shape index (κ2) is 4.05. The summed E-state index contributed by atoms with van der Waals surface area (Å²) in [6.07, 6.45) is 3.18. The van der Waals surface area contributed by atoms with Crippen molar-refractivity contribution >= 4 is 5.97 Å². The van der Waals surface area contributed by atoms with Gasteiger partial charge in [0.1, 0.15) is 17.2 Å². The Balaban J connectivity index is 2.05. The van der Waals surface area contributed by atoms with Crippen molar-refractivity contribution in [1.29, 1.82) is 0 Å². The van der Waals surface area contributed by atoms with Gasteiger partial charge in [0.25, 0.3) is 0 Å². The first-order chi connectivity index (χ1) is 8.65. The highest BCUT2D eigenvalue weighted by Gasteiger charge is 2.49. The van der Waals surface area contributed by atoms with Gasteiger partial charge in [-0.1, -0.05) is 0 Å². The minimum absolute atomic E-state index is 0.183. The summed E-state index contributed by atoms with van der Waals surface area (Å²) in [5.74, 6) is 0.894. The molecule has 1 aliphatic heterocycles. The Morgan fingerprint density at radius 1 is 1.50 bits per heavy atom. The van der Waals surface area contributed by atoms with Crippen molar-refractivity contribution in [2.24, 2.45) is 0 Å². The van der Waals surface area contributed by atoms with Crippen molar-refractivity contribution in [3.63, 3.8) is 0 Å². The molecule has 6 heteroatoms. The topological polar surface area (TPSA) is 77.2 Å². The van der Waals surface area contributed by atoms with E-state index in [4.69, 9.17) is 4.74 Å². The van der Waals surface area contributed by atoms with Gasteiger partial charge >= 0.3 is 5.97 Å². The summed E-state index contributed by atoms with van der Waals surface area (Å²) in [7, 11) is 0. The number of hydrogen-bond donors (Lipinski definition) is 1. The Morgan fingerprint density at radius 2 is 2.28 bits per heavy atom. The monoisotopic (exact) mass is 251 g/mol. The van der Waals surface area contributed by atoms with Crippen LogP contribution in [0.4, 0.5) is 0 Å². The fourth-order valence-electron chi connectivity index (χ4n) is 2.95. The summed E-state index contributed by atoms with van der Waals surface area (Å²) in [5.41, 5.74) is -0.814. The highest BCUT2D eigenvalue weighted by atomic mass is 16.5. The average Bonchev–Trinajstić information content (AvgIpc) is 2.87. The van der Waals surface area contributed by atoms with E-state index >= 15 is 0 Å². The lowest BCUT2D eigenvalue weighted by atomic mass is 9.76. The molecular formula is C12H17N3O3. The molecule has 2 heterocycles. The largest absolute Gasteiger partial charge is 0.479 e. The molecule has 0 bridgehead atoms. The van der Waals surface area contributed by atoms with E-state index in [9.17, 15) is 9.90 Å². The van der Waals surface area contributed by atoms with Crippen LogP contribution >= 0.6 is 0 Å². The van der Waals surface area contributed by atoms with Crippen molar-refractivity contribution in [1.82, 2.24) is 14.8 Å². The third-order valence-electron chi connectivity index (χ3n) is 4.15. The molecule has 0 amide bonds. The van der Waals surface area contributed by atoms with Crippen LogP contribution in [-0.4, -0.2) is 39.1 Å². The van der Waals surface area contributed by atoms with Gasteiger partial charge < -0.3 is 9.84 Å². The van der Waals surface area contributed by atoms with Crippen molar-refractivity contribution in [3.05, 3.63) is 11.6 Å². The van der Waals surface area contributed by atoms with E-state index < -0.39 is 11.5 Å². The summed E-state index contributed by atoms with van der Waals surface area (Å²) in [4.78, 5) is 11.6. The molecule has 0 aromatic carbocycles. The molecule has 1 saturated heterocycles. The van der Waals surface area contributed by atoms with Gasteiger partial charge in [0.15, 0.2) is 0 Å². The first-order valence-electron chi connectivity index (χ1n) is 6.39. The lowest BCUT2D eigenvalue weighted by Gasteiger charge is -2.40. The zero-order valence-corrected chi connectivity index (χ0v) is 10.4. The minimum Gasteiger partial charge on any atom is -0.479 e. The number of aliphatic carboxylic acids is 1. The van der Waals surface area contributed by atoms with Crippen LogP contribution in [0.2, 0.25) is 0 Å². The minimum atomic E-state index is -0.814. The molecule has 98 valence electrons. The molecule has 1 unspecified atom stereocenters. The maximum absolute atomic E-state index is 11.6. The van der Waals surface area contributed by atoms with Gasteiger partial charge in [0, 0.05) is 12.5 Å². The number of aromatic nitrogens is 3. The van der Waals surface area contributed by atoms with E-state index in [1.165, 1.54) is 0 Å². The Hall–Kier alpha value is -1.43. The summed E-state index contributed by atoms with van der Waals surface area (Å²) in [6.45, 7) is 3.17. The van der Waals surface area contributed by atoms with Crippen LogP contribution in [0.25, 0.3) is 0 Å². The summed E-state index contributed by atoms with van der Waals surface area (Å²) < 4.78 is 7.22. The van der Waals surface area contributed by atoms with Gasteiger partial charge in [0.2, 0.25) is 0 Å². The Kier molecular flexibility index (Phi) is 2.62. The molecule has 1 aromatic heterocycles. The van der Waals surface area contributed by atoms with Gasteiger partial charge in [-0.25, -0.2) is 4.79 Å². The van der Waals surface area contributed by atoms with E-state index in [0.29, 0.717) is 25.3 Å². The summed E-state index contributed by atoms with van der Waals surface area (Å²) in [5, 5.41) is 17.8. The van der Waals surface area contributed by atoms with Crippen LogP contribution in [0.5, 0.6) is 0 Å². The molecule has 1 aromatic rings. The molecule has 2 aliphatic rings. The quantitative estimate of drug-likeness (QED) is 0.869. The standard InChI is InChI=1S/C12H17N3O3/c1-8-13-14-10(9-3-6-18-7-9)15(8)12(11(16)17)4-2-5-12/h9H,2-7H2,1H3,(H,16,17). The van der Waals surface area contributed by atoms with Crippen molar-refractivity contribution in [2.75, 3.05) is 13.2 Å². The molecular weight excluding hydrogens is 234 g/mol. The highest BCUT2D eigenvalue weighted by molar-refractivity contribution is 5.78. The second-order valence-corrected chi connectivity index (χ2v) is 5.19. The van der Waals surface area contributed by atoms with Gasteiger partial charge in [-0.2, -0.15) is 0 Å². The Labute approximate surface area is 105 Å². The van der Waals surface area contributed by atoms with E-state index in [2.05, 4.69) is 10.2 Å². The fraction of sp³-hybridized carbons (Fsp3) is 0.750. The van der Waals surface area contributed by atoms with Crippen LogP contribution in [0.3, 0.4) is 0 Å². The van der Waals surface area contributed by atoms with Gasteiger partial charge in [-0.05, 0) is 32.6 Å². The van der Waals surface area contributed by atoms with Crippen LogP contribution in [0.1, 0.15) is 43.3 Å². The number of rotatable bonds is 3. The zero-order chi connectivity index (χ0) is 12.8. The number of carboxylic acid groups (broad SMARTS) is 1. The second-order valence-electron chi connectivity index (χ2n) is 5.19. The van der Waals surface area contributed by atoms with E-state index in [1.54, 1.807) is 0 Å². The predicted molar refractivity (Wildman–Crippen MR) is 62.4 cm³/mol. The third kappa shape index (κ3) is 1.48. The van der Waals surface area contributed by atoms with Crippen LogP contribution < -0.4 is 0 Å². The van der Waals surface area contributed by atoms with Crippen LogP contribution in [0.15, 0.2) is 0 Å². The number of hydrogen-bond acceptors (Lipinski definition) is 4. The molecule has 3 rings (SSSR count). The predicted octanol–water partition coefficient (Wildman–Crippen LogP) is 1.05. The normalized spacial score (nSPS) is 25.9. The lowest BCUT2D eigenvalue weighted by Crippen LogP contribution is -2.49. The molecule has 1 saturated carbocycles. The number of ether oxygens (including phenoxy) is 1. The highest BCUT2D eigenvalue weighted by Crippen LogP contribution is 2.42. The fourth-order valence-corrected chi connectivity index (χ4v) is 2.95. The third-order valence-corrected chi connectivity index (χ3v) is 4.15. The summed E-state index contributed by atoms with van der Waals surface area (Å²) in [6, 6.07) is 0. The smallest absolute Gasteiger partial charge is 0.329 e. The number of nitrogens with zero attached hydrogens (tertiary/aromatic N) is 3. The lowest BCUT2D eigenvalue weighted by molar-refractivity contribution is -0.152. The average molecular weight is 251 g/mol.